The van der Waals surface area contributed by atoms with Crippen LogP contribution in [-0.2, 0) is 4.79 Å². The molecule has 0 saturated heterocycles. The zero-order valence-corrected chi connectivity index (χ0v) is 12.0. The fraction of sp³-hybridized carbons (Fsp3) is 0.467. The molecule has 0 aliphatic rings. The number of aliphatic hydroxyl groups excluding tert-OH is 1. The third-order valence-corrected chi connectivity index (χ3v) is 2.95. The summed E-state index contributed by atoms with van der Waals surface area (Å²) in [6.45, 7) is 5.19. The van der Waals surface area contributed by atoms with Crippen molar-refractivity contribution in [3.05, 3.63) is 35.4 Å². The van der Waals surface area contributed by atoms with Crippen molar-refractivity contribution in [2.24, 2.45) is 5.92 Å². The molecule has 110 valence electrons. The number of aliphatic hydroxyl groups is 1. The number of amides is 1. The zero-order valence-electron chi connectivity index (χ0n) is 12.0. The molecule has 2 N–H and O–H groups in total. The summed E-state index contributed by atoms with van der Waals surface area (Å²) in [5, 5.41) is 18.4. The third-order valence-electron chi connectivity index (χ3n) is 2.95. The number of nitrogens with zero attached hydrogens (tertiary/aromatic N) is 1. The van der Waals surface area contributed by atoms with Gasteiger partial charge in [-0.25, -0.2) is 0 Å². The van der Waals surface area contributed by atoms with Gasteiger partial charge in [-0.3, -0.25) is 9.59 Å². The Kier molecular flexibility index (Phi) is 5.70. The molecule has 5 nitrogen and oxygen atoms in total. The highest BCUT2D eigenvalue weighted by Gasteiger charge is 2.22. The van der Waals surface area contributed by atoms with Crippen molar-refractivity contribution < 1.29 is 19.8 Å². The van der Waals surface area contributed by atoms with Gasteiger partial charge in [-0.1, -0.05) is 24.6 Å². The van der Waals surface area contributed by atoms with E-state index in [4.69, 9.17) is 5.11 Å². The fourth-order valence-corrected chi connectivity index (χ4v) is 1.93. The monoisotopic (exact) mass is 279 g/mol. The minimum Gasteiger partial charge on any atom is -0.481 e. The average molecular weight is 279 g/mol. The lowest BCUT2D eigenvalue weighted by molar-refractivity contribution is -0.141. The molecule has 2 unspecified atom stereocenters. The van der Waals surface area contributed by atoms with Crippen LogP contribution in [0.2, 0.25) is 0 Å². The van der Waals surface area contributed by atoms with E-state index in [1.165, 1.54) is 4.90 Å². The molecule has 1 rings (SSSR count). The number of carboxylic acids is 1. The first-order valence-corrected chi connectivity index (χ1v) is 6.58. The summed E-state index contributed by atoms with van der Waals surface area (Å²) < 4.78 is 0. The van der Waals surface area contributed by atoms with Crippen molar-refractivity contribution in [3.8, 4) is 0 Å². The van der Waals surface area contributed by atoms with Gasteiger partial charge in [0.25, 0.3) is 5.91 Å². The third kappa shape index (κ3) is 4.66. The van der Waals surface area contributed by atoms with E-state index in [9.17, 15) is 14.7 Å². The first-order valence-electron chi connectivity index (χ1n) is 6.58. The van der Waals surface area contributed by atoms with Gasteiger partial charge >= 0.3 is 5.97 Å². The average Bonchev–Trinajstić information content (AvgIpc) is 2.36. The molecule has 0 aromatic heterocycles. The first kappa shape index (κ1) is 16.2. The molecule has 0 saturated carbocycles. The molecule has 1 aromatic rings. The van der Waals surface area contributed by atoms with Gasteiger partial charge in [-0.15, -0.1) is 0 Å². The Labute approximate surface area is 118 Å². The van der Waals surface area contributed by atoms with Crippen LogP contribution in [0.15, 0.2) is 24.3 Å². The highest BCUT2D eigenvalue weighted by Crippen LogP contribution is 2.11. The van der Waals surface area contributed by atoms with Crippen LogP contribution >= 0.6 is 0 Å². The van der Waals surface area contributed by atoms with E-state index in [1.807, 2.05) is 13.0 Å². The first-order chi connectivity index (χ1) is 9.31. The summed E-state index contributed by atoms with van der Waals surface area (Å²) in [6.07, 6.45) is -0.704. The van der Waals surface area contributed by atoms with E-state index in [0.717, 1.165) is 5.56 Å². The van der Waals surface area contributed by atoms with Crippen molar-refractivity contribution in [1.29, 1.82) is 0 Å². The van der Waals surface area contributed by atoms with Crippen LogP contribution in [0.1, 0.15) is 29.8 Å². The van der Waals surface area contributed by atoms with E-state index in [0.29, 0.717) is 5.56 Å². The van der Waals surface area contributed by atoms with E-state index < -0.39 is 18.0 Å². The van der Waals surface area contributed by atoms with Gasteiger partial charge < -0.3 is 15.1 Å². The number of hydrogen-bond acceptors (Lipinski definition) is 3. The summed E-state index contributed by atoms with van der Waals surface area (Å²) in [5.41, 5.74) is 1.46. The molecule has 0 heterocycles. The molecule has 0 spiro atoms. The van der Waals surface area contributed by atoms with E-state index in [1.54, 1.807) is 32.0 Å². The number of hydrogen-bond donors (Lipinski definition) is 2. The van der Waals surface area contributed by atoms with Crippen molar-refractivity contribution in [1.82, 2.24) is 4.90 Å². The predicted molar refractivity (Wildman–Crippen MR) is 75.6 cm³/mol. The van der Waals surface area contributed by atoms with Crippen LogP contribution in [0, 0.1) is 12.8 Å². The lowest BCUT2D eigenvalue weighted by atomic mass is 10.1. The number of carbonyl (C=O) groups excluding carboxylic acids is 1. The van der Waals surface area contributed by atoms with Gasteiger partial charge in [-0.05, 0) is 26.0 Å². The maximum atomic E-state index is 12.4. The Balaban J connectivity index is 2.92. The molecular weight excluding hydrogens is 258 g/mol. The summed E-state index contributed by atoms with van der Waals surface area (Å²) >= 11 is 0. The minimum absolute atomic E-state index is 0.0764. The second-order valence-electron chi connectivity index (χ2n) is 5.17. The second kappa shape index (κ2) is 7.05. The Hall–Kier alpha value is -1.88. The smallest absolute Gasteiger partial charge is 0.308 e. The molecule has 0 fully saturated rings. The summed E-state index contributed by atoms with van der Waals surface area (Å²) in [6, 6.07) is 7.11. The van der Waals surface area contributed by atoms with Crippen molar-refractivity contribution in [2.45, 2.75) is 26.9 Å². The van der Waals surface area contributed by atoms with Crippen molar-refractivity contribution >= 4 is 11.9 Å². The van der Waals surface area contributed by atoms with Gasteiger partial charge in [0.2, 0.25) is 0 Å². The number of rotatable bonds is 6. The van der Waals surface area contributed by atoms with E-state index in [-0.39, 0.29) is 19.0 Å². The normalized spacial score (nSPS) is 13.6. The molecule has 1 aromatic carbocycles. The second-order valence-corrected chi connectivity index (χ2v) is 5.17. The summed E-state index contributed by atoms with van der Waals surface area (Å²) in [7, 11) is 0. The summed E-state index contributed by atoms with van der Waals surface area (Å²) in [5.74, 6) is -1.90. The molecule has 0 radical (unpaired) electrons. The predicted octanol–water partition coefficient (Wildman–Crippen LogP) is 1.54. The molecule has 1 amide bonds. The molecule has 2 atom stereocenters. The van der Waals surface area contributed by atoms with Gasteiger partial charge in [-0.2, -0.15) is 0 Å². The number of benzene rings is 1. The maximum Gasteiger partial charge on any atom is 0.308 e. The lowest BCUT2D eigenvalue weighted by Crippen LogP contribution is -2.41. The Morgan fingerprint density at radius 3 is 2.40 bits per heavy atom. The minimum atomic E-state index is -0.961. The largest absolute Gasteiger partial charge is 0.481 e. The highest BCUT2D eigenvalue weighted by atomic mass is 16.4. The molecule has 0 aliphatic heterocycles. The topological polar surface area (TPSA) is 77.8 Å². The van der Waals surface area contributed by atoms with E-state index >= 15 is 0 Å². The highest BCUT2D eigenvalue weighted by molar-refractivity contribution is 5.94. The Morgan fingerprint density at radius 2 is 1.90 bits per heavy atom. The molecule has 5 heteroatoms. The molecule has 0 aliphatic carbocycles. The van der Waals surface area contributed by atoms with Crippen molar-refractivity contribution in [3.63, 3.8) is 0 Å². The number of carbonyl (C=O) groups is 2. The number of aryl methyl sites for hydroxylation is 1. The lowest BCUT2D eigenvalue weighted by Gasteiger charge is -2.26. The zero-order chi connectivity index (χ0) is 15.3. The maximum absolute atomic E-state index is 12.4. The Bertz CT molecular complexity index is 485. The van der Waals surface area contributed by atoms with Gasteiger partial charge in [0.05, 0.1) is 12.0 Å². The molecular formula is C15H21NO4. The van der Waals surface area contributed by atoms with Crippen LogP contribution in [0.25, 0.3) is 0 Å². The Morgan fingerprint density at radius 1 is 1.25 bits per heavy atom. The van der Waals surface area contributed by atoms with Crippen LogP contribution in [0.3, 0.4) is 0 Å². The number of aliphatic carboxylic acids is 1. The van der Waals surface area contributed by atoms with Crippen molar-refractivity contribution in [2.75, 3.05) is 13.1 Å². The van der Waals surface area contributed by atoms with Gasteiger partial charge in [0.15, 0.2) is 0 Å². The van der Waals surface area contributed by atoms with Crippen LogP contribution in [0.5, 0.6) is 0 Å². The van der Waals surface area contributed by atoms with Gasteiger partial charge in [0, 0.05) is 18.7 Å². The van der Waals surface area contributed by atoms with Crippen LogP contribution in [0.4, 0.5) is 0 Å². The van der Waals surface area contributed by atoms with Crippen LogP contribution in [-0.4, -0.2) is 46.2 Å². The standard InChI is InChI=1S/C15H21NO4/c1-10-5-4-6-13(7-10)14(18)16(9-12(3)17)8-11(2)15(19)20/h4-7,11-12,17H,8-9H2,1-3H3,(H,19,20). The molecule has 20 heavy (non-hydrogen) atoms. The number of carboxylic acid groups (broad SMARTS) is 1. The van der Waals surface area contributed by atoms with Gasteiger partial charge in [0.1, 0.15) is 0 Å². The summed E-state index contributed by atoms with van der Waals surface area (Å²) in [4.78, 5) is 24.7. The van der Waals surface area contributed by atoms with Crippen LogP contribution < -0.4 is 0 Å². The quantitative estimate of drug-likeness (QED) is 0.828. The van der Waals surface area contributed by atoms with E-state index in [2.05, 4.69) is 0 Å². The SMILES string of the molecule is Cc1cccc(C(=O)N(CC(C)O)CC(C)C(=O)O)c1. The fourth-order valence-electron chi connectivity index (χ4n) is 1.93. The molecule has 0 bridgehead atoms.